The highest BCUT2D eigenvalue weighted by atomic mass is 16.5. The highest BCUT2D eigenvalue weighted by molar-refractivity contribution is 5.75. The van der Waals surface area contributed by atoms with Gasteiger partial charge < -0.3 is 14.9 Å². The molecular weight excluding hydrogens is 172 g/mol. The molecule has 13 heavy (non-hydrogen) atoms. The number of hydrogen-bond acceptors (Lipinski definition) is 4. The maximum absolute atomic E-state index is 10.9. The van der Waals surface area contributed by atoms with Crippen LogP contribution < -0.4 is 0 Å². The van der Waals surface area contributed by atoms with E-state index in [0.717, 1.165) is 0 Å². The highest BCUT2D eigenvalue weighted by Crippen LogP contribution is 2.04. The third-order valence-electron chi connectivity index (χ3n) is 1.56. The van der Waals surface area contributed by atoms with Gasteiger partial charge in [0, 0.05) is 0 Å². The lowest BCUT2D eigenvalue weighted by Gasteiger charge is -2.15. The number of hydrogen-bond donors (Lipinski definition) is 2. The Balaban J connectivity index is 3.85. The zero-order valence-electron chi connectivity index (χ0n) is 7.77. The third kappa shape index (κ3) is 4.65. The summed E-state index contributed by atoms with van der Waals surface area (Å²) in [5, 5.41) is 18.4. The van der Waals surface area contributed by atoms with E-state index in [1.807, 2.05) is 0 Å². The number of allylic oxidation sites excluding steroid dienone is 1. The molecule has 0 amide bonds. The average Bonchev–Trinajstić information content (AvgIpc) is 2.13. The van der Waals surface area contributed by atoms with Crippen LogP contribution in [0, 0.1) is 0 Å². The standard InChI is InChI=1S/C9H16O4/c1-3-5-6-7(10)8(11)9(12)13-4-2/h3,7-8,10-11H,1,4-6H2,2H3. The Morgan fingerprint density at radius 3 is 2.69 bits per heavy atom. The van der Waals surface area contributed by atoms with Crippen LogP contribution in [0.4, 0.5) is 0 Å². The van der Waals surface area contributed by atoms with E-state index in [9.17, 15) is 15.0 Å². The molecule has 76 valence electrons. The molecule has 0 saturated heterocycles. The molecule has 0 heterocycles. The van der Waals surface area contributed by atoms with E-state index >= 15 is 0 Å². The van der Waals surface area contributed by atoms with Gasteiger partial charge in [0.25, 0.3) is 0 Å². The van der Waals surface area contributed by atoms with Crippen molar-refractivity contribution >= 4 is 5.97 Å². The number of aliphatic hydroxyl groups is 2. The maximum Gasteiger partial charge on any atom is 0.337 e. The van der Waals surface area contributed by atoms with Crippen molar-refractivity contribution < 1.29 is 19.7 Å². The van der Waals surface area contributed by atoms with Crippen molar-refractivity contribution in [1.29, 1.82) is 0 Å². The second kappa shape index (κ2) is 6.62. The first-order valence-corrected chi connectivity index (χ1v) is 4.27. The van der Waals surface area contributed by atoms with Crippen molar-refractivity contribution in [1.82, 2.24) is 0 Å². The fraction of sp³-hybridized carbons (Fsp3) is 0.667. The fourth-order valence-electron chi connectivity index (χ4n) is 0.831. The monoisotopic (exact) mass is 188 g/mol. The smallest absolute Gasteiger partial charge is 0.337 e. The molecule has 2 unspecified atom stereocenters. The molecule has 0 spiro atoms. The van der Waals surface area contributed by atoms with Crippen LogP contribution in [-0.2, 0) is 9.53 Å². The minimum Gasteiger partial charge on any atom is -0.464 e. The van der Waals surface area contributed by atoms with Gasteiger partial charge in [-0.3, -0.25) is 0 Å². The first-order valence-electron chi connectivity index (χ1n) is 4.27. The minimum absolute atomic E-state index is 0.198. The topological polar surface area (TPSA) is 66.8 Å². The molecule has 0 aliphatic rings. The van der Waals surface area contributed by atoms with Crippen LogP contribution in [-0.4, -0.2) is 35.0 Å². The van der Waals surface area contributed by atoms with Gasteiger partial charge in [0.2, 0.25) is 0 Å². The van der Waals surface area contributed by atoms with E-state index in [-0.39, 0.29) is 6.61 Å². The molecule has 0 aromatic rings. The van der Waals surface area contributed by atoms with E-state index in [2.05, 4.69) is 11.3 Å². The Kier molecular flexibility index (Phi) is 6.18. The van der Waals surface area contributed by atoms with Crippen molar-refractivity contribution in [3.63, 3.8) is 0 Å². The summed E-state index contributed by atoms with van der Waals surface area (Å²) >= 11 is 0. The molecule has 0 aromatic carbocycles. The molecule has 0 aliphatic heterocycles. The largest absolute Gasteiger partial charge is 0.464 e. The van der Waals surface area contributed by atoms with Crippen LogP contribution >= 0.6 is 0 Å². The first-order chi connectivity index (χ1) is 6.13. The molecule has 0 bridgehead atoms. The van der Waals surface area contributed by atoms with Gasteiger partial charge in [0.05, 0.1) is 12.7 Å². The third-order valence-corrected chi connectivity index (χ3v) is 1.56. The van der Waals surface area contributed by atoms with Crippen molar-refractivity contribution in [2.45, 2.75) is 32.0 Å². The van der Waals surface area contributed by atoms with E-state index < -0.39 is 18.2 Å². The Hall–Kier alpha value is -0.870. The number of carbonyl (C=O) groups is 1. The van der Waals surface area contributed by atoms with Crippen LogP contribution in [0.15, 0.2) is 12.7 Å². The summed E-state index contributed by atoms with van der Waals surface area (Å²) < 4.78 is 4.53. The number of aliphatic hydroxyl groups excluding tert-OH is 2. The second-order valence-corrected chi connectivity index (χ2v) is 2.63. The zero-order chi connectivity index (χ0) is 10.3. The summed E-state index contributed by atoms with van der Waals surface area (Å²) in [4.78, 5) is 10.9. The SMILES string of the molecule is C=CCCC(O)C(O)C(=O)OCC. The predicted molar refractivity (Wildman–Crippen MR) is 48.1 cm³/mol. The van der Waals surface area contributed by atoms with E-state index in [4.69, 9.17) is 0 Å². The second-order valence-electron chi connectivity index (χ2n) is 2.63. The zero-order valence-corrected chi connectivity index (χ0v) is 7.77. The van der Waals surface area contributed by atoms with Gasteiger partial charge >= 0.3 is 5.97 Å². The van der Waals surface area contributed by atoms with Crippen molar-refractivity contribution in [3.05, 3.63) is 12.7 Å². The fourth-order valence-corrected chi connectivity index (χ4v) is 0.831. The van der Waals surface area contributed by atoms with Crippen LogP contribution in [0.2, 0.25) is 0 Å². The van der Waals surface area contributed by atoms with Crippen molar-refractivity contribution in [2.24, 2.45) is 0 Å². The van der Waals surface area contributed by atoms with Crippen LogP contribution in [0.3, 0.4) is 0 Å². The molecule has 0 rings (SSSR count). The molecule has 4 heteroatoms. The summed E-state index contributed by atoms with van der Waals surface area (Å²) in [6, 6.07) is 0. The summed E-state index contributed by atoms with van der Waals surface area (Å²) in [6.07, 6.45) is -0.0423. The first kappa shape index (κ1) is 12.1. The Morgan fingerprint density at radius 1 is 1.62 bits per heavy atom. The van der Waals surface area contributed by atoms with Crippen LogP contribution in [0.25, 0.3) is 0 Å². The molecule has 0 aromatic heterocycles. The molecule has 0 fully saturated rings. The number of ether oxygens (including phenoxy) is 1. The van der Waals surface area contributed by atoms with Gasteiger partial charge in [-0.25, -0.2) is 4.79 Å². The lowest BCUT2D eigenvalue weighted by molar-refractivity contribution is -0.159. The van der Waals surface area contributed by atoms with Gasteiger partial charge in [-0.05, 0) is 19.8 Å². The van der Waals surface area contributed by atoms with Gasteiger partial charge in [0.1, 0.15) is 0 Å². The van der Waals surface area contributed by atoms with Gasteiger partial charge in [0.15, 0.2) is 6.10 Å². The van der Waals surface area contributed by atoms with Gasteiger partial charge in [-0.2, -0.15) is 0 Å². The summed E-state index contributed by atoms with van der Waals surface area (Å²) in [5.41, 5.74) is 0. The summed E-state index contributed by atoms with van der Waals surface area (Å²) in [7, 11) is 0. The highest BCUT2D eigenvalue weighted by Gasteiger charge is 2.24. The normalized spacial score (nSPS) is 14.7. The van der Waals surface area contributed by atoms with Crippen molar-refractivity contribution in [2.75, 3.05) is 6.61 Å². The number of carbonyl (C=O) groups excluding carboxylic acids is 1. The molecule has 0 radical (unpaired) electrons. The minimum atomic E-state index is -1.44. The lowest BCUT2D eigenvalue weighted by atomic mass is 10.1. The van der Waals surface area contributed by atoms with Gasteiger partial charge in [-0.15, -0.1) is 6.58 Å². The Labute approximate surface area is 77.8 Å². The molecular formula is C9H16O4. The Bertz CT molecular complexity index is 167. The molecule has 2 atom stereocenters. The van der Waals surface area contributed by atoms with E-state index in [1.54, 1.807) is 13.0 Å². The predicted octanol–water partition coefficient (Wildman–Crippen LogP) is 0.238. The molecule has 0 aliphatic carbocycles. The molecule has 2 N–H and O–H groups in total. The van der Waals surface area contributed by atoms with E-state index in [0.29, 0.717) is 12.8 Å². The number of esters is 1. The summed E-state index contributed by atoms with van der Waals surface area (Å²) in [5.74, 6) is -0.779. The van der Waals surface area contributed by atoms with E-state index in [1.165, 1.54) is 0 Å². The lowest BCUT2D eigenvalue weighted by Crippen LogP contribution is -2.35. The van der Waals surface area contributed by atoms with Crippen LogP contribution in [0.1, 0.15) is 19.8 Å². The van der Waals surface area contributed by atoms with Gasteiger partial charge in [-0.1, -0.05) is 6.08 Å². The molecule has 4 nitrogen and oxygen atoms in total. The van der Waals surface area contributed by atoms with Crippen LogP contribution in [0.5, 0.6) is 0 Å². The Morgan fingerprint density at radius 2 is 2.23 bits per heavy atom. The number of rotatable bonds is 6. The summed E-state index contributed by atoms with van der Waals surface area (Å²) in [6.45, 7) is 5.30. The quantitative estimate of drug-likeness (QED) is 0.463. The average molecular weight is 188 g/mol. The van der Waals surface area contributed by atoms with Crippen molar-refractivity contribution in [3.8, 4) is 0 Å². The maximum atomic E-state index is 10.9. The molecule has 0 saturated carbocycles.